The average Bonchev–Trinajstić information content (AvgIpc) is 3.30. The molecule has 2 atom stereocenters. The van der Waals surface area contributed by atoms with Crippen LogP contribution in [0, 0.1) is 0 Å². The molecule has 196 valence electrons. The number of hydrogen-bond donors (Lipinski definition) is 2. The Kier molecular flexibility index (Phi) is 9.51. The fourth-order valence-electron chi connectivity index (χ4n) is 5.13. The van der Waals surface area contributed by atoms with Gasteiger partial charge in [-0.2, -0.15) is 0 Å². The molecule has 1 fully saturated rings. The molecule has 0 saturated carbocycles. The van der Waals surface area contributed by atoms with Crippen molar-refractivity contribution in [1.29, 1.82) is 0 Å². The third kappa shape index (κ3) is 5.79. The Morgan fingerprint density at radius 2 is 0.763 bits per heavy atom. The summed E-state index contributed by atoms with van der Waals surface area (Å²) < 4.78 is 13.0. The quantitative estimate of drug-likeness (QED) is 0.246. The van der Waals surface area contributed by atoms with Crippen molar-refractivity contribution in [2.24, 2.45) is 0 Å². The zero-order chi connectivity index (χ0) is 27.2. The average molecular weight is 585 g/mol. The molecule has 38 heavy (non-hydrogen) atoms. The first-order valence-corrected chi connectivity index (χ1v) is 16.6. The van der Waals surface area contributed by atoms with Crippen molar-refractivity contribution < 1.29 is 36.7 Å². The maximum atomic E-state index is 12.6. The molecule has 2 N–H and O–H groups in total. The van der Waals surface area contributed by atoms with Gasteiger partial charge in [0.2, 0.25) is 0 Å². The van der Waals surface area contributed by atoms with Gasteiger partial charge in [-0.15, -0.1) is 0 Å². The molecule has 0 unspecified atom stereocenters. The van der Waals surface area contributed by atoms with E-state index in [0.717, 1.165) is 0 Å². The van der Waals surface area contributed by atoms with Crippen molar-refractivity contribution in [1.82, 2.24) is 0 Å². The van der Waals surface area contributed by atoms with Gasteiger partial charge >= 0.3 is 35.6 Å². The minimum atomic E-state index is -1.60. The maximum absolute atomic E-state index is 12.6. The first kappa shape index (κ1) is 29.0. The van der Waals surface area contributed by atoms with E-state index in [-0.39, 0.29) is 0 Å². The first-order chi connectivity index (χ1) is 18.3. The number of halogens is 2. The van der Waals surface area contributed by atoms with Crippen LogP contribution in [0.5, 0.6) is 0 Å². The molecule has 0 radical (unpaired) electrons. The normalized spacial score (nSPS) is 18.8. The Hall–Kier alpha value is -1.99. The van der Waals surface area contributed by atoms with E-state index in [2.05, 4.69) is 0 Å². The molecule has 1 heterocycles. The van der Waals surface area contributed by atoms with E-state index in [0.29, 0.717) is 22.3 Å². The predicted octanol–water partition coefficient (Wildman–Crippen LogP) is 6.76. The molecule has 1 aliphatic heterocycles. The summed E-state index contributed by atoms with van der Waals surface area (Å²) in [6, 6.07) is 37.8. The third-order valence-electron chi connectivity index (χ3n) is 6.78. The summed E-state index contributed by atoms with van der Waals surface area (Å²) in [5.41, 5.74) is -0.564. The van der Waals surface area contributed by atoms with Crippen LogP contribution in [-0.4, -0.2) is 28.2 Å². The molecule has 0 spiro atoms. The molecule has 0 aromatic heterocycles. The van der Waals surface area contributed by atoms with Crippen LogP contribution in [0.3, 0.4) is 0 Å². The van der Waals surface area contributed by atoms with E-state index in [1.165, 1.54) is 0 Å². The molecule has 0 aliphatic carbocycles. The van der Waals surface area contributed by atoms with Crippen LogP contribution in [0.2, 0.25) is 0 Å². The second kappa shape index (κ2) is 12.5. The fraction of sp³-hybridized carbons (Fsp3) is 0.226. The standard InChI is InChI=1S/C31H30O4.2ClH.Ti/c1-29(2)34-27(30(32,23-15-7-3-8-16-23)24-17-9-4-10-18-24)28(35-29)31(33,25-19-11-5-12-20-25)26-21-13-6-14-22-26;;;/h3-22,27-28,32-33H,1-2H3;2*1H;/q;;;+2/p-2/t27-,28-;;;/m1.../s1. The number of hydrogen-bond acceptors (Lipinski definition) is 4. The van der Waals surface area contributed by atoms with Crippen molar-refractivity contribution in [3.8, 4) is 0 Å². The van der Waals surface area contributed by atoms with Gasteiger partial charge < -0.3 is 19.7 Å². The van der Waals surface area contributed by atoms with Gasteiger partial charge in [-0.1, -0.05) is 121 Å². The van der Waals surface area contributed by atoms with Gasteiger partial charge in [-0.05, 0) is 36.1 Å². The van der Waals surface area contributed by atoms with Crippen LogP contribution in [0.15, 0.2) is 121 Å². The Labute approximate surface area is 240 Å². The van der Waals surface area contributed by atoms with E-state index >= 15 is 0 Å². The molecule has 0 amide bonds. The predicted molar refractivity (Wildman–Crippen MR) is 147 cm³/mol. The van der Waals surface area contributed by atoms with E-state index in [1.807, 2.05) is 135 Å². The molecule has 4 nitrogen and oxygen atoms in total. The molecule has 5 rings (SSSR count). The summed E-state index contributed by atoms with van der Waals surface area (Å²) in [6.07, 6.45) is -1.87. The molecule has 1 saturated heterocycles. The third-order valence-corrected chi connectivity index (χ3v) is 6.78. The van der Waals surface area contributed by atoms with E-state index in [9.17, 15) is 10.2 Å². The summed E-state index contributed by atoms with van der Waals surface area (Å²) in [5.74, 6) is -1.05. The van der Waals surface area contributed by atoms with Crippen LogP contribution in [0.1, 0.15) is 36.1 Å². The Balaban J connectivity index is 0.00000107. The van der Waals surface area contributed by atoms with Gasteiger partial charge in [0.15, 0.2) is 5.79 Å². The van der Waals surface area contributed by atoms with Crippen LogP contribution < -0.4 is 0 Å². The number of benzene rings is 4. The zero-order valence-corrected chi connectivity index (χ0v) is 24.2. The Morgan fingerprint density at radius 1 is 0.553 bits per heavy atom. The molecule has 4 aromatic carbocycles. The summed E-state index contributed by atoms with van der Waals surface area (Å²) in [5, 5.41) is 25.2. The van der Waals surface area contributed by atoms with Gasteiger partial charge in [-0.25, -0.2) is 0 Å². The van der Waals surface area contributed by atoms with Crippen LogP contribution in [0.25, 0.3) is 0 Å². The molecule has 7 heteroatoms. The Bertz CT molecular complexity index is 1100. The molecule has 0 bridgehead atoms. The van der Waals surface area contributed by atoms with Gasteiger partial charge in [0.05, 0.1) is 0 Å². The van der Waals surface area contributed by atoms with Gasteiger partial charge in [0.25, 0.3) is 0 Å². The SMILES string of the molecule is CC1(C)O[C@@H](C(O)(c2ccccc2)c2ccccc2)[C@H](C(O)(c2ccccc2)c2ccccc2)O1.[Cl][Ti][Cl]. The van der Waals surface area contributed by atoms with Crippen molar-refractivity contribution in [3.05, 3.63) is 144 Å². The van der Waals surface area contributed by atoms with Crippen LogP contribution in [-0.2, 0) is 37.7 Å². The fourth-order valence-corrected chi connectivity index (χ4v) is 5.13. The molecular formula is C31H30Cl2O4Ti. The number of ether oxygens (including phenoxy) is 2. The number of aliphatic hydroxyl groups is 2. The van der Waals surface area contributed by atoms with Crippen molar-refractivity contribution in [2.45, 2.75) is 43.0 Å². The van der Waals surface area contributed by atoms with Crippen molar-refractivity contribution >= 4 is 18.6 Å². The summed E-state index contributed by atoms with van der Waals surface area (Å²) in [4.78, 5) is 0. The van der Waals surface area contributed by atoms with E-state index in [4.69, 9.17) is 28.1 Å². The van der Waals surface area contributed by atoms with E-state index < -0.39 is 46.2 Å². The van der Waals surface area contributed by atoms with Gasteiger partial charge in [0, 0.05) is 0 Å². The summed E-state index contributed by atoms with van der Waals surface area (Å²) >= 11 is -0.556. The van der Waals surface area contributed by atoms with Gasteiger partial charge in [-0.3, -0.25) is 0 Å². The summed E-state index contributed by atoms with van der Waals surface area (Å²) in [6.45, 7) is 3.62. The minimum absolute atomic E-state index is 0.556. The second-order valence-corrected chi connectivity index (χ2v) is 12.1. The van der Waals surface area contributed by atoms with Crippen LogP contribution >= 0.6 is 18.6 Å². The topological polar surface area (TPSA) is 58.9 Å². The molecule has 4 aromatic rings. The molecular weight excluding hydrogens is 555 g/mol. The molecule has 1 aliphatic rings. The van der Waals surface area contributed by atoms with Gasteiger partial charge in [0.1, 0.15) is 23.4 Å². The van der Waals surface area contributed by atoms with E-state index in [1.54, 1.807) is 0 Å². The zero-order valence-electron chi connectivity index (χ0n) is 21.2. The van der Waals surface area contributed by atoms with Crippen molar-refractivity contribution in [2.75, 3.05) is 0 Å². The second-order valence-electron chi connectivity index (χ2n) is 9.55. The number of rotatable bonds is 6. The van der Waals surface area contributed by atoms with Crippen molar-refractivity contribution in [3.63, 3.8) is 0 Å². The Morgan fingerprint density at radius 3 is 0.974 bits per heavy atom. The monoisotopic (exact) mass is 584 g/mol. The van der Waals surface area contributed by atoms with Crippen LogP contribution in [0.4, 0.5) is 0 Å². The summed E-state index contributed by atoms with van der Waals surface area (Å²) in [7, 11) is 9.78. The first-order valence-electron chi connectivity index (χ1n) is 12.3.